The SMILES string of the molecule is CC(CC(=O)O)NC(=O)c1ncco1. The second kappa shape index (κ2) is 4.40. The number of hydrogen-bond acceptors (Lipinski definition) is 4. The molecule has 1 rings (SSSR count). The van der Waals surface area contributed by atoms with Crippen LogP contribution in [0.1, 0.15) is 24.0 Å². The van der Waals surface area contributed by atoms with Crippen molar-refractivity contribution in [1.29, 1.82) is 0 Å². The molecule has 0 aromatic carbocycles. The normalized spacial score (nSPS) is 12.1. The number of hydrogen-bond donors (Lipinski definition) is 2. The minimum atomic E-state index is -0.967. The molecule has 0 aliphatic rings. The van der Waals surface area contributed by atoms with Crippen molar-refractivity contribution < 1.29 is 19.1 Å². The number of carboxylic acids is 1. The summed E-state index contributed by atoms with van der Waals surface area (Å²) in [6.07, 6.45) is 2.49. The fourth-order valence-electron chi connectivity index (χ4n) is 0.934. The number of rotatable bonds is 4. The van der Waals surface area contributed by atoms with Crippen LogP contribution in [0, 0.1) is 0 Å². The minimum absolute atomic E-state index is 0.0674. The number of aromatic nitrogens is 1. The minimum Gasteiger partial charge on any atom is -0.481 e. The summed E-state index contributed by atoms with van der Waals surface area (Å²) >= 11 is 0. The lowest BCUT2D eigenvalue weighted by Gasteiger charge is -2.08. The van der Waals surface area contributed by atoms with Gasteiger partial charge in [0.25, 0.3) is 5.89 Å². The van der Waals surface area contributed by atoms with E-state index in [-0.39, 0.29) is 12.3 Å². The van der Waals surface area contributed by atoms with Gasteiger partial charge in [0.05, 0.1) is 12.6 Å². The quantitative estimate of drug-likeness (QED) is 0.724. The first-order valence-corrected chi connectivity index (χ1v) is 4.01. The Labute approximate surface area is 79.9 Å². The van der Waals surface area contributed by atoms with E-state index < -0.39 is 17.9 Å². The third-order valence-electron chi connectivity index (χ3n) is 1.48. The van der Waals surface area contributed by atoms with Gasteiger partial charge in [0, 0.05) is 6.04 Å². The molecular formula is C8H10N2O4. The summed E-state index contributed by atoms with van der Waals surface area (Å²) in [5.74, 6) is -1.55. The molecule has 1 unspecified atom stereocenters. The van der Waals surface area contributed by atoms with Gasteiger partial charge >= 0.3 is 11.9 Å². The topological polar surface area (TPSA) is 92.4 Å². The fourth-order valence-corrected chi connectivity index (χ4v) is 0.934. The van der Waals surface area contributed by atoms with Crippen LogP contribution in [0.15, 0.2) is 16.9 Å². The molecule has 0 aliphatic heterocycles. The predicted octanol–water partition coefficient (Wildman–Crippen LogP) is 0.268. The average Bonchev–Trinajstić information content (AvgIpc) is 2.53. The first kappa shape index (κ1) is 10.2. The van der Waals surface area contributed by atoms with Crippen LogP contribution >= 0.6 is 0 Å². The van der Waals surface area contributed by atoms with Crippen LogP contribution in [0.5, 0.6) is 0 Å². The van der Waals surface area contributed by atoms with Crippen molar-refractivity contribution in [2.45, 2.75) is 19.4 Å². The summed E-state index contributed by atoms with van der Waals surface area (Å²) in [6.45, 7) is 1.59. The van der Waals surface area contributed by atoms with Gasteiger partial charge in [-0.2, -0.15) is 0 Å². The lowest BCUT2D eigenvalue weighted by molar-refractivity contribution is -0.137. The summed E-state index contributed by atoms with van der Waals surface area (Å²) in [4.78, 5) is 25.1. The van der Waals surface area contributed by atoms with Crippen LogP contribution in [0.25, 0.3) is 0 Å². The number of nitrogens with one attached hydrogen (secondary N) is 1. The van der Waals surface area contributed by atoms with Gasteiger partial charge in [-0.15, -0.1) is 0 Å². The van der Waals surface area contributed by atoms with Crippen molar-refractivity contribution in [3.8, 4) is 0 Å². The van der Waals surface area contributed by atoms with Crippen LogP contribution in [-0.4, -0.2) is 28.0 Å². The zero-order chi connectivity index (χ0) is 10.6. The maximum absolute atomic E-state index is 11.2. The molecule has 2 N–H and O–H groups in total. The third kappa shape index (κ3) is 2.89. The van der Waals surface area contributed by atoms with Gasteiger partial charge in [0.2, 0.25) is 0 Å². The van der Waals surface area contributed by atoms with Crippen LogP contribution in [0.3, 0.4) is 0 Å². The Morgan fingerprint density at radius 1 is 1.71 bits per heavy atom. The molecular weight excluding hydrogens is 188 g/mol. The van der Waals surface area contributed by atoms with Gasteiger partial charge in [-0.05, 0) is 6.92 Å². The molecule has 1 amide bonds. The maximum atomic E-state index is 11.2. The molecule has 0 radical (unpaired) electrons. The highest BCUT2D eigenvalue weighted by molar-refractivity contribution is 5.89. The molecule has 0 bridgehead atoms. The Kier molecular flexibility index (Phi) is 3.22. The van der Waals surface area contributed by atoms with E-state index in [1.807, 2.05) is 0 Å². The predicted molar refractivity (Wildman–Crippen MR) is 45.7 cm³/mol. The molecule has 0 spiro atoms. The van der Waals surface area contributed by atoms with E-state index in [1.54, 1.807) is 6.92 Å². The van der Waals surface area contributed by atoms with Crippen LogP contribution in [0.4, 0.5) is 0 Å². The average molecular weight is 198 g/mol. The molecule has 0 saturated carbocycles. The van der Waals surface area contributed by atoms with E-state index in [0.717, 1.165) is 0 Å². The molecule has 1 heterocycles. The number of carboxylic acid groups (broad SMARTS) is 1. The van der Waals surface area contributed by atoms with Crippen molar-refractivity contribution in [2.24, 2.45) is 0 Å². The van der Waals surface area contributed by atoms with Crippen molar-refractivity contribution in [2.75, 3.05) is 0 Å². The number of aliphatic carboxylic acids is 1. The zero-order valence-electron chi connectivity index (χ0n) is 7.56. The van der Waals surface area contributed by atoms with Gasteiger partial charge in [0.15, 0.2) is 0 Å². The Hall–Kier alpha value is -1.85. The van der Waals surface area contributed by atoms with E-state index in [9.17, 15) is 9.59 Å². The lowest BCUT2D eigenvalue weighted by Crippen LogP contribution is -2.34. The van der Waals surface area contributed by atoms with E-state index >= 15 is 0 Å². The number of oxazole rings is 1. The summed E-state index contributed by atoms with van der Waals surface area (Å²) in [6, 6.07) is -0.452. The molecule has 0 fully saturated rings. The third-order valence-corrected chi connectivity index (χ3v) is 1.48. The highest BCUT2D eigenvalue weighted by Gasteiger charge is 2.15. The largest absolute Gasteiger partial charge is 0.481 e. The van der Waals surface area contributed by atoms with Gasteiger partial charge in [-0.3, -0.25) is 9.59 Å². The molecule has 0 aliphatic carbocycles. The monoisotopic (exact) mass is 198 g/mol. The van der Waals surface area contributed by atoms with Crippen LogP contribution in [-0.2, 0) is 4.79 Å². The second-order valence-corrected chi connectivity index (χ2v) is 2.81. The first-order chi connectivity index (χ1) is 6.59. The fraction of sp³-hybridized carbons (Fsp3) is 0.375. The summed E-state index contributed by atoms with van der Waals surface area (Å²) in [5.41, 5.74) is 0. The van der Waals surface area contributed by atoms with Gasteiger partial charge in [-0.25, -0.2) is 4.98 Å². The van der Waals surface area contributed by atoms with E-state index in [2.05, 4.69) is 10.3 Å². The zero-order valence-corrected chi connectivity index (χ0v) is 7.56. The van der Waals surface area contributed by atoms with Crippen molar-refractivity contribution in [1.82, 2.24) is 10.3 Å². The molecule has 1 atom stereocenters. The molecule has 76 valence electrons. The van der Waals surface area contributed by atoms with Gasteiger partial charge in [0.1, 0.15) is 6.26 Å². The summed E-state index contributed by atoms with van der Waals surface area (Å²) < 4.78 is 4.73. The highest BCUT2D eigenvalue weighted by atomic mass is 16.4. The van der Waals surface area contributed by atoms with Crippen molar-refractivity contribution >= 4 is 11.9 Å². The molecule has 1 aromatic heterocycles. The Balaban J connectivity index is 2.45. The first-order valence-electron chi connectivity index (χ1n) is 4.01. The standard InChI is InChI=1S/C8H10N2O4/c1-5(4-6(11)12)10-7(13)8-9-2-3-14-8/h2-3,5H,4H2,1H3,(H,10,13)(H,11,12). The van der Waals surface area contributed by atoms with Crippen molar-refractivity contribution in [3.05, 3.63) is 18.4 Å². The Morgan fingerprint density at radius 2 is 2.43 bits per heavy atom. The Morgan fingerprint density at radius 3 is 2.93 bits per heavy atom. The number of amides is 1. The molecule has 1 aromatic rings. The molecule has 0 saturated heterocycles. The highest BCUT2D eigenvalue weighted by Crippen LogP contribution is 1.97. The lowest BCUT2D eigenvalue weighted by atomic mass is 10.2. The summed E-state index contributed by atoms with van der Waals surface area (Å²) in [5, 5.41) is 10.9. The van der Waals surface area contributed by atoms with E-state index in [4.69, 9.17) is 9.52 Å². The summed E-state index contributed by atoms with van der Waals surface area (Å²) in [7, 11) is 0. The molecule has 6 heteroatoms. The van der Waals surface area contributed by atoms with Crippen LogP contribution in [0.2, 0.25) is 0 Å². The second-order valence-electron chi connectivity index (χ2n) is 2.81. The number of carbonyl (C=O) groups is 2. The molecule has 14 heavy (non-hydrogen) atoms. The van der Waals surface area contributed by atoms with E-state index in [1.165, 1.54) is 12.5 Å². The molecule has 6 nitrogen and oxygen atoms in total. The maximum Gasteiger partial charge on any atom is 0.307 e. The van der Waals surface area contributed by atoms with Crippen LogP contribution < -0.4 is 5.32 Å². The smallest absolute Gasteiger partial charge is 0.307 e. The van der Waals surface area contributed by atoms with Gasteiger partial charge in [-0.1, -0.05) is 0 Å². The Bertz CT molecular complexity index is 320. The number of carbonyl (C=O) groups excluding carboxylic acids is 1. The van der Waals surface area contributed by atoms with E-state index in [0.29, 0.717) is 0 Å². The van der Waals surface area contributed by atoms with Crippen molar-refractivity contribution in [3.63, 3.8) is 0 Å². The van der Waals surface area contributed by atoms with Gasteiger partial charge < -0.3 is 14.8 Å². The number of nitrogens with zero attached hydrogens (tertiary/aromatic N) is 1.